The second-order valence-electron chi connectivity index (χ2n) is 2.83. The summed E-state index contributed by atoms with van der Waals surface area (Å²) >= 11 is 5.72. The quantitative estimate of drug-likeness (QED) is 0.736. The third-order valence-electron chi connectivity index (χ3n) is 1.77. The molecule has 0 aromatic heterocycles. The first kappa shape index (κ1) is 10.3. The van der Waals surface area contributed by atoms with Gasteiger partial charge in [-0.1, -0.05) is 42.8 Å². The summed E-state index contributed by atoms with van der Waals surface area (Å²) in [5, 5.41) is 10.3. The average molecular weight is 197 g/mol. The van der Waals surface area contributed by atoms with Crippen molar-refractivity contribution in [2.45, 2.75) is 19.4 Å². The van der Waals surface area contributed by atoms with Gasteiger partial charge in [-0.15, -0.1) is 0 Å². The van der Waals surface area contributed by atoms with E-state index in [1.165, 1.54) is 0 Å². The largest absolute Gasteiger partial charge is 0.384 e. The van der Waals surface area contributed by atoms with Crippen molar-refractivity contribution in [1.82, 2.24) is 0 Å². The highest BCUT2D eigenvalue weighted by atomic mass is 35.5. The topological polar surface area (TPSA) is 20.2 Å². The Bertz CT molecular complexity index is 277. The third-order valence-corrected chi connectivity index (χ3v) is 2.02. The zero-order valence-corrected chi connectivity index (χ0v) is 8.33. The van der Waals surface area contributed by atoms with E-state index in [-0.39, 0.29) is 0 Å². The SMILES string of the molecule is CCC=CC(O)c1ccc(Cl)cc1. The Morgan fingerprint density at radius 2 is 2.00 bits per heavy atom. The Labute approximate surface area is 83.7 Å². The number of rotatable bonds is 3. The first-order valence-corrected chi connectivity index (χ1v) is 4.72. The molecule has 1 aromatic carbocycles. The van der Waals surface area contributed by atoms with Crippen LogP contribution in [-0.4, -0.2) is 5.11 Å². The zero-order chi connectivity index (χ0) is 9.68. The van der Waals surface area contributed by atoms with Gasteiger partial charge in [0.25, 0.3) is 0 Å². The molecule has 0 spiro atoms. The summed E-state index contributed by atoms with van der Waals surface area (Å²) in [6, 6.07) is 7.21. The summed E-state index contributed by atoms with van der Waals surface area (Å²) in [6.07, 6.45) is 4.14. The highest BCUT2D eigenvalue weighted by Gasteiger charge is 2.01. The molecular weight excluding hydrogens is 184 g/mol. The molecule has 2 heteroatoms. The van der Waals surface area contributed by atoms with Crippen molar-refractivity contribution in [2.75, 3.05) is 0 Å². The number of allylic oxidation sites excluding steroid dienone is 1. The maximum atomic E-state index is 9.61. The molecule has 1 nitrogen and oxygen atoms in total. The van der Waals surface area contributed by atoms with Crippen LogP contribution in [0.3, 0.4) is 0 Å². The van der Waals surface area contributed by atoms with Crippen molar-refractivity contribution in [3.05, 3.63) is 47.0 Å². The van der Waals surface area contributed by atoms with Crippen molar-refractivity contribution >= 4 is 11.6 Å². The van der Waals surface area contributed by atoms with Gasteiger partial charge in [0.15, 0.2) is 0 Å². The van der Waals surface area contributed by atoms with Gasteiger partial charge in [-0.05, 0) is 24.1 Å². The lowest BCUT2D eigenvalue weighted by Gasteiger charge is -2.04. The van der Waals surface area contributed by atoms with Gasteiger partial charge in [0, 0.05) is 5.02 Å². The van der Waals surface area contributed by atoms with Gasteiger partial charge >= 0.3 is 0 Å². The molecule has 1 unspecified atom stereocenters. The van der Waals surface area contributed by atoms with Crippen LogP contribution in [0, 0.1) is 0 Å². The van der Waals surface area contributed by atoms with Crippen LogP contribution in [0.5, 0.6) is 0 Å². The lowest BCUT2D eigenvalue weighted by atomic mass is 10.1. The summed E-state index contributed by atoms with van der Waals surface area (Å²) in [6.45, 7) is 2.03. The molecule has 1 aromatic rings. The predicted octanol–water partition coefficient (Wildman–Crippen LogP) is 3.34. The number of hydrogen-bond donors (Lipinski definition) is 1. The molecule has 0 heterocycles. The van der Waals surface area contributed by atoms with Crippen molar-refractivity contribution in [3.8, 4) is 0 Å². The molecule has 0 aliphatic carbocycles. The maximum absolute atomic E-state index is 9.61. The molecular formula is C11H13ClO. The molecule has 1 atom stereocenters. The molecule has 0 saturated carbocycles. The number of benzene rings is 1. The molecule has 0 aliphatic rings. The zero-order valence-electron chi connectivity index (χ0n) is 7.57. The molecule has 0 saturated heterocycles. The first-order chi connectivity index (χ1) is 6.24. The molecule has 0 fully saturated rings. The fourth-order valence-corrected chi connectivity index (χ4v) is 1.16. The van der Waals surface area contributed by atoms with Gasteiger partial charge in [-0.3, -0.25) is 0 Å². The number of halogens is 1. The normalized spacial score (nSPS) is 13.5. The Kier molecular flexibility index (Phi) is 4.00. The van der Waals surface area contributed by atoms with E-state index in [9.17, 15) is 5.11 Å². The smallest absolute Gasteiger partial charge is 0.0971 e. The van der Waals surface area contributed by atoms with Crippen LogP contribution < -0.4 is 0 Å². The molecule has 0 bridgehead atoms. The monoisotopic (exact) mass is 196 g/mol. The second kappa shape index (κ2) is 5.05. The Balaban J connectivity index is 2.71. The van der Waals surface area contributed by atoms with E-state index in [4.69, 9.17) is 11.6 Å². The molecule has 70 valence electrons. The Morgan fingerprint density at radius 1 is 1.38 bits per heavy atom. The minimum Gasteiger partial charge on any atom is -0.384 e. The second-order valence-corrected chi connectivity index (χ2v) is 3.27. The minimum absolute atomic E-state index is 0.516. The van der Waals surface area contributed by atoms with Gasteiger partial charge in [-0.25, -0.2) is 0 Å². The number of aliphatic hydroxyl groups is 1. The maximum Gasteiger partial charge on any atom is 0.0971 e. The number of hydrogen-bond acceptors (Lipinski definition) is 1. The Hall–Kier alpha value is -0.790. The Morgan fingerprint density at radius 3 is 2.54 bits per heavy atom. The lowest BCUT2D eigenvalue weighted by molar-refractivity contribution is 0.228. The van der Waals surface area contributed by atoms with Gasteiger partial charge in [0.05, 0.1) is 6.10 Å². The van der Waals surface area contributed by atoms with E-state index < -0.39 is 6.10 Å². The van der Waals surface area contributed by atoms with Gasteiger partial charge < -0.3 is 5.11 Å². The van der Waals surface area contributed by atoms with Crippen molar-refractivity contribution in [2.24, 2.45) is 0 Å². The fraction of sp³-hybridized carbons (Fsp3) is 0.273. The van der Waals surface area contributed by atoms with Gasteiger partial charge in [0.2, 0.25) is 0 Å². The van der Waals surface area contributed by atoms with E-state index >= 15 is 0 Å². The van der Waals surface area contributed by atoms with E-state index in [1.54, 1.807) is 18.2 Å². The standard InChI is InChI=1S/C11H13ClO/c1-2-3-4-11(13)9-5-7-10(12)8-6-9/h3-8,11,13H,2H2,1H3. The summed E-state index contributed by atoms with van der Waals surface area (Å²) in [5.41, 5.74) is 0.870. The van der Waals surface area contributed by atoms with Crippen LogP contribution in [0.2, 0.25) is 5.02 Å². The summed E-state index contributed by atoms with van der Waals surface area (Å²) in [7, 11) is 0. The minimum atomic E-state index is -0.516. The van der Waals surface area contributed by atoms with Crippen LogP contribution in [-0.2, 0) is 0 Å². The first-order valence-electron chi connectivity index (χ1n) is 4.34. The van der Waals surface area contributed by atoms with Crippen LogP contribution in [0.15, 0.2) is 36.4 Å². The van der Waals surface area contributed by atoms with Crippen LogP contribution >= 0.6 is 11.6 Å². The summed E-state index contributed by atoms with van der Waals surface area (Å²) < 4.78 is 0. The molecule has 13 heavy (non-hydrogen) atoms. The highest BCUT2D eigenvalue weighted by molar-refractivity contribution is 6.30. The van der Waals surface area contributed by atoms with Gasteiger partial charge in [0.1, 0.15) is 0 Å². The van der Waals surface area contributed by atoms with Crippen LogP contribution in [0.4, 0.5) is 0 Å². The summed E-state index contributed by atoms with van der Waals surface area (Å²) in [5.74, 6) is 0. The molecule has 1 rings (SSSR count). The van der Waals surface area contributed by atoms with Crippen molar-refractivity contribution in [1.29, 1.82) is 0 Å². The molecule has 0 radical (unpaired) electrons. The molecule has 0 aliphatic heterocycles. The van der Waals surface area contributed by atoms with Crippen molar-refractivity contribution < 1.29 is 5.11 Å². The van der Waals surface area contributed by atoms with Crippen LogP contribution in [0.1, 0.15) is 25.0 Å². The van der Waals surface area contributed by atoms with E-state index in [0.29, 0.717) is 5.02 Å². The van der Waals surface area contributed by atoms with Gasteiger partial charge in [-0.2, -0.15) is 0 Å². The highest BCUT2D eigenvalue weighted by Crippen LogP contribution is 2.17. The van der Waals surface area contributed by atoms with Crippen molar-refractivity contribution in [3.63, 3.8) is 0 Å². The number of aliphatic hydroxyl groups excluding tert-OH is 1. The molecule has 0 amide bonds. The van der Waals surface area contributed by atoms with Crippen LogP contribution in [0.25, 0.3) is 0 Å². The average Bonchev–Trinajstić information content (AvgIpc) is 2.15. The lowest BCUT2D eigenvalue weighted by Crippen LogP contribution is -1.91. The molecule has 1 N–H and O–H groups in total. The van der Waals surface area contributed by atoms with E-state index in [0.717, 1.165) is 12.0 Å². The van der Waals surface area contributed by atoms with E-state index in [1.807, 2.05) is 25.1 Å². The fourth-order valence-electron chi connectivity index (χ4n) is 1.04. The summed E-state index contributed by atoms with van der Waals surface area (Å²) in [4.78, 5) is 0. The third kappa shape index (κ3) is 3.21. The van der Waals surface area contributed by atoms with E-state index in [2.05, 4.69) is 0 Å². The predicted molar refractivity (Wildman–Crippen MR) is 55.8 cm³/mol.